The van der Waals surface area contributed by atoms with Crippen molar-refractivity contribution in [1.29, 1.82) is 0 Å². The molecule has 0 aromatic heterocycles. The van der Waals surface area contributed by atoms with Crippen LogP contribution >= 0.6 is 0 Å². The fourth-order valence-electron chi connectivity index (χ4n) is 4.58. The van der Waals surface area contributed by atoms with E-state index in [1.54, 1.807) is 32.0 Å². The number of rotatable bonds is 4. The lowest BCUT2D eigenvalue weighted by Gasteiger charge is -2.42. The third-order valence-corrected chi connectivity index (χ3v) is 6.68. The number of hydrogen-bond donors (Lipinski definition) is 0. The molecule has 0 N–H and O–H groups in total. The third kappa shape index (κ3) is 4.57. The normalized spacial score (nSPS) is 22.1. The molecule has 32 heavy (non-hydrogen) atoms. The van der Waals surface area contributed by atoms with Gasteiger partial charge in [-0.25, -0.2) is 0 Å². The minimum atomic E-state index is -4.49. The van der Waals surface area contributed by atoms with Crippen LogP contribution in [0, 0.1) is 0 Å². The van der Waals surface area contributed by atoms with Gasteiger partial charge < -0.3 is 9.47 Å². The zero-order chi connectivity index (χ0) is 23.4. The van der Waals surface area contributed by atoms with Crippen LogP contribution in [0.1, 0.15) is 54.0 Å². The van der Waals surface area contributed by atoms with Gasteiger partial charge in [-0.3, -0.25) is 4.18 Å². The van der Waals surface area contributed by atoms with E-state index in [0.29, 0.717) is 30.8 Å². The fraction of sp³-hybridized carbons (Fsp3) is 0.478. The maximum atomic E-state index is 13.8. The van der Waals surface area contributed by atoms with Gasteiger partial charge in [0.15, 0.2) is 5.79 Å². The zero-order valence-corrected chi connectivity index (χ0v) is 18.8. The third-order valence-electron chi connectivity index (χ3n) is 6.13. The lowest BCUT2D eigenvalue weighted by molar-refractivity contribution is -0.269. The van der Waals surface area contributed by atoms with E-state index in [4.69, 9.17) is 13.7 Å². The molecule has 0 radical (unpaired) electrons. The average Bonchev–Trinajstić information content (AvgIpc) is 3.02. The molecule has 174 valence electrons. The second kappa shape index (κ2) is 7.83. The van der Waals surface area contributed by atoms with Gasteiger partial charge in [0.2, 0.25) is 0 Å². The summed E-state index contributed by atoms with van der Waals surface area (Å²) in [7, 11) is -3.66. The van der Waals surface area contributed by atoms with Crippen LogP contribution in [0.4, 0.5) is 13.2 Å². The van der Waals surface area contributed by atoms with Crippen molar-refractivity contribution in [3.63, 3.8) is 0 Å². The number of ether oxygens (including phenoxy) is 2. The van der Waals surface area contributed by atoms with Gasteiger partial charge in [-0.1, -0.05) is 36.4 Å². The Labute approximate surface area is 185 Å². The first kappa shape index (κ1) is 23.2. The maximum Gasteiger partial charge on any atom is 0.416 e. The highest BCUT2D eigenvalue weighted by molar-refractivity contribution is 7.85. The molecule has 1 aliphatic heterocycles. The van der Waals surface area contributed by atoms with Crippen LogP contribution in [0.15, 0.2) is 42.5 Å². The fourth-order valence-corrected chi connectivity index (χ4v) is 4.93. The van der Waals surface area contributed by atoms with Crippen molar-refractivity contribution < 1.29 is 35.2 Å². The van der Waals surface area contributed by atoms with Gasteiger partial charge in [0.1, 0.15) is 0 Å². The monoisotopic (exact) mass is 470 g/mol. The minimum Gasteiger partial charge on any atom is -0.350 e. The van der Waals surface area contributed by atoms with Gasteiger partial charge in [0.25, 0.3) is 10.1 Å². The molecule has 1 saturated heterocycles. The van der Waals surface area contributed by atoms with E-state index in [1.807, 2.05) is 6.07 Å². The first-order valence-corrected chi connectivity index (χ1v) is 12.0. The highest BCUT2D eigenvalue weighted by Gasteiger charge is 2.50. The number of fused-ring (bicyclic) bond motifs is 2. The molecule has 9 heteroatoms. The number of halogens is 3. The van der Waals surface area contributed by atoms with Crippen LogP contribution in [0.5, 0.6) is 0 Å². The average molecular weight is 471 g/mol. The van der Waals surface area contributed by atoms with Crippen molar-refractivity contribution in [2.75, 3.05) is 19.5 Å². The molecule has 0 bridgehead atoms. The molecule has 0 amide bonds. The summed E-state index contributed by atoms with van der Waals surface area (Å²) in [5, 5.41) is 0. The molecule has 1 fully saturated rings. The molecular formula is C23H25F3O5S. The summed E-state index contributed by atoms with van der Waals surface area (Å²) < 4.78 is 81.0. The molecule has 4 rings (SSSR count). The molecule has 2 aromatic carbocycles. The summed E-state index contributed by atoms with van der Waals surface area (Å²) in [4.78, 5) is 0. The first-order chi connectivity index (χ1) is 14.8. The van der Waals surface area contributed by atoms with Gasteiger partial charge in [-0.2, -0.15) is 21.6 Å². The molecule has 2 aliphatic rings. The van der Waals surface area contributed by atoms with Gasteiger partial charge in [-0.05, 0) is 48.6 Å². The van der Waals surface area contributed by atoms with Gasteiger partial charge >= 0.3 is 6.18 Å². The number of benzene rings is 2. The number of alkyl halides is 3. The van der Waals surface area contributed by atoms with Crippen LogP contribution in [-0.4, -0.2) is 33.7 Å². The highest BCUT2D eigenvalue weighted by atomic mass is 32.2. The molecule has 1 aliphatic carbocycles. The van der Waals surface area contributed by atoms with E-state index in [1.165, 1.54) is 12.1 Å². The zero-order valence-electron chi connectivity index (χ0n) is 18.0. The van der Waals surface area contributed by atoms with Crippen molar-refractivity contribution in [2.24, 2.45) is 0 Å². The van der Waals surface area contributed by atoms with Crippen LogP contribution in [0.25, 0.3) is 0 Å². The van der Waals surface area contributed by atoms with E-state index in [0.717, 1.165) is 17.9 Å². The van der Waals surface area contributed by atoms with E-state index in [2.05, 4.69) is 0 Å². The Bertz CT molecular complexity index is 1110. The Balaban J connectivity index is 1.80. The van der Waals surface area contributed by atoms with Gasteiger partial charge in [-0.15, -0.1) is 0 Å². The molecule has 1 heterocycles. The second-order valence-electron chi connectivity index (χ2n) is 8.99. The highest BCUT2D eigenvalue weighted by Crippen LogP contribution is 2.53. The summed E-state index contributed by atoms with van der Waals surface area (Å²) in [5.41, 5.74) is 1.05. The summed E-state index contributed by atoms with van der Waals surface area (Å²) in [6.07, 6.45) is -3.15. The first-order valence-electron chi connectivity index (χ1n) is 10.2. The minimum absolute atomic E-state index is 0.184. The van der Waals surface area contributed by atoms with Crippen LogP contribution < -0.4 is 0 Å². The van der Waals surface area contributed by atoms with Crippen molar-refractivity contribution in [3.05, 3.63) is 70.3 Å². The molecule has 5 nitrogen and oxygen atoms in total. The number of hydrogen-bond acceptors (Lipinski definition) is 5. The lowest BCUT2D eigenvalue weighted by atomic mass is 9.81. The van der Waals surface area contributed by atoms with E-state index < -0.39 is 39.0 Å². The van der Waals surface area contributed by atoms with Crippen molar-refractivity contribution in [1.82, 2.24) is 0 Å². The smallest absolute Gasteiger partial charge is 0.350 e. The van der Waals surface area contributed by atoms with Gasteiger partial charge in [0, 0.05) is 11.3 Å². The molecule has 1 atom stereocenters. The summed E-state index contributed by atoms with van der Waals surface area (Å²) in [6.45, 7) is 4.05. The van der Waals surface area contributed by atoms with Gasteiger partial charge in [0.05, 0.1) is 31.6 Å². The molecular weight excluding hydrogens is 445 g/mol. The summed E-state index contributed by atoms with van der Waals surface area (Å²) in [5.74, 6) is -1.31. The van der Waals surface area contributed by atoms with Crippen LogP contribution in [-0.2, 0) is 42.0 Å². The Morgan fingerprint density at radius 2 is 1.72 bits per heavy atom. The Kier molecular flexibility index (Phi) is 5.68. The molecule has 0 saturated carbocycles. The van der Waals surface area contributed by atoms with E-state index in [9.17, 15) is 21.6 Å². The lowest BCUT2D eigenvalue weighted by Crippen LogP contribution is -2.48. The van der Waals surface area contributed by atoms with Crippen LogP contribution in [0.3, 0.4) is 0 Å². The molecule has 1 spiro atoms. The predicted molar refractivity (Wildman–Crippen MR) is 112 cm³/mol. The van der Waals surface area contributed by atoms with E-state index in [-0.39, 0.29) is 12.2 Å². The molecule has 1 unspecified atom stereocenters. The Hall–Kier alpha value is -1.94. The maximum absolute atomic E-state index is 13.8. The SMILES string of the molecule is CC1(C)OCC2(CO1)CC(c1ccccc1C(F)(F)F)c1cc(COS(C)(=O)=O)ccc12. The Morgan fingerprint density at radius 1 is 1.06 bits per heavy atom. The summed E-state index contributed by atoms with van der Waals surface area (Å²) in [6, 6.07) is 10.9. The Morgan fingerprint density at radius 3 is 2.34 bits per heavy atom. The quantitative estimate of drug-likeness (QED) is 0.605. The second-order valence-corrected chi connectivity index (χ2v) is 10.6. The van der Waals surface area contributed by atoms with Crippen molar-refractivity contribution in [2.45, 2.75) is 50.2 Å². The van der Waals surface area contributed by atoms with E-state index >= 15 is 0 Å². The molecule has 2 aromatic rings. The van der Waals surface area contributed by atoms with Crippen molar-refractivity contribution in [3.8, 4) is 0 Å². The standard InChI is InChI=1S/C23H25F3O5S/c1-21(2)29-13-22(14-30-21)11-18(16-6-4-5-7-20(16)23(24,25)26)17-10-15(8-9-19(17)22)12-31-32(3,27)28/h4-10,18H,11-14H2,1-3H3. The van der Waals surface area contributed by atoms with Crippen LogP contribution in [0.2, 0.25) is 0 Å². The topological polar surface area (TPSA) is 61.8 Å². The summed E-state index contributed by atoms with van der Waals surface area (Å²) >= 11 is 0. The largest absolute Gasteiger partial charge is 0.416 e. The predicted octanol–water partition coefficient (Wildman–Crippen LogP) is 4.74. The van der Waals surface area contributed by atoms with Crippen molar-refractivity contribution >= 4 is 10.1 Å².